The van der Waals surface area contributed by atoms with Crippen molar-refractivity contribution in [1.29, 1.82) is 0 Å². The average Bonchev–Trinajstić information content (AvgIpc) is 2.60. The highest BCUT2D eigenvalue weighted by atomic mass is 16.7. The fraction of sp³-hybridized carbons (Fsp3) is 0.900. The summed E-state index contributed by atoms with van der Waals surface area (Å²) in [6.45, 7) is 16.0. The number of rotatable bonds is 14. The molecule has 2 unspecified atom stereocenters. The molecule has 0 aliphatic carbocycles. The summed E-state index contributed by atoms with van der Waals surface area (Å²) in [5, 5.41) is 2.72. The minimum Gasteiger partial charge on any atom is -0.450 e. The third kappa shape index (κ3) is 11.2. The molecule has 0 rings (SSSR count). The zero-order chi connectivity index (χ0) is 20.8. The Kier molecular flexibility index (Phi) is 14.0. The summed E-state index contributed by atoms with van der Waals surface area (Å²) >= 11 is 0. The van der Waals surface area contributed by atoms with Crippen LogP contribution in [0.25, 0.3) is 0 Å². The van der Waals surface area contributed by atoms with Gasteiger partial charge in [-0.2, -0.15) is 0 Å². The molecule has 0 aromatic rings. The van der Waals surface area contributed by atoms with Crippen LogP contribution in [0.3, 0.4) is 0 Å². The molecule has 0 saturated heterocycles. The average molecular weight is 389 g/mol. The second-order valence-electron chi connectivity index (χ2n) is 7.14. The third-order valence-electron chi connectivity index (χ3n) is 4.19. The summed E-state index contributed by atoms with van der Waals surface area (Å²) in [6, 6.07) is -0.628. The van der Waals surface area contributed by atoms with Crippen molar-refractivity contribution < 1.29 is 23.8 Å². The van der Waals surface area contributed by atoms with Crippen LogP contribution in [0.5, 0.6) is 0 Å². The predicted molar refractivity (Wildman–Crippen MR) is 106 cm³/mol. The fourth-order valence-electron chi connectivity index (χ4n) is 2.69. The molecule has 0 fully saturated rings. The molecule has 2 amide bonds. The summed E-state index contributed by atoms with van der Waals surface area (Å²) in [6.07, 6.45) is 0.460. The van der Waals surface area contributed by atoms with Gasteiger partial charge in [0.25, 0.3) is 0 Å². The van der Waals surface area contributed by atoms with Crippen LogP contribution in [-0.2, 0) is 19.0 Å². The largest absolute Gasteiger partial charge is 0.450 e. The molecule has 0 saturated carbocycles. The Hall–Kier alpha value is -1.34. The van der Waals surface area contributed by atoms with Gasteiger partial charge in [-0.1, -0.05) is 34.1 Å². The lowest BCUT2D eigenvalue weighted by atomic mass is 10.0. The van der Waals surface area contributed by atoms with Crippen molar-refractivity contribution in [2.75, 3.05) is 32.9 Å². The van der Waals surface area contributed by atoms with Gasteiger partial charge < -0.3 is 24.4 Å². The van der Waals surface area contributed by atoms with Crippen molar-refractivity contribution in [3.05, 3.63) is 0 Å². The Morgan fingerprint density at radius 2 is 1.52 bits per heavy atom. The molecule has 0 heterocycles. The van der Waals surface area contributed by atoms with Gasteiger partial charge in [0.15, 0.2) is 6.29 Å². The monoisotopic (exact) mass is 388 g/mol. The van der Waals surface area contributed by atoms with Crippen LogP contribution in [0.1, 0.15) is 61.3 Å². The van der Waals surface area contributed by atoms with E-state index in [4.69, 9.17) is 14.2 Å². The summed E-state index contributed by atoms with van der Waals surface area (Å²) in [5.74, 6) is 0.461. The lowest BCUT2D eigenvalue weighted by Gasteiger charge is -2.32. The number of carbonyl (C=O) groups excluding carboxylic acids is 2. The molecule has 0 spiro atoms. The molecule has 0 aromatic carbocycles. The summed E-state index contributed by atoms with van der Waals surface area (Å²) in [7, 11) is 0. The highest BCUT2D eigenvalue weighted by Crippen LogP contribution is 2.13. The van der Waals surface area contributed by atoms with Gasteiger partial charge in [-0.25, -0.2) is 4.79 Å². The molecule has 0 bridgehead atoms. The smallest absolute Gasteiger partial charge is 0.407 e. The van der Waals surface area contributed by atoms with E-state index in [2.05, 4.69) is 19.2 Å². The van der Waals surface area contributed by atoms with Crippen LogP contribution in [-0.4, -0.2) is 62.1 Å². The predicted octanol–water partition coefficient (Wildman–Crippen LogP) is 3.42. The molecule has 2 atom stereocenters. The lowest BCUT2D eigenvalue weighted by molar-refractivity contribution is -0.161. The first-order chi connectivity index (χ1) is 12.8. The standard InChI is InChI=1S/C20H40N2O5/c1-8-16(7)13-22(14-18(25-9-2)26-10-3)19(23)17(12-15(5)6)21-20(24)27-11-4/h15-18H,8-14H2,1-7H3,(H,21,24). The lowest BCUT2D eigenvalue weighted by Crippen LogP contribution is -2.52. The van der Waals surface area contributed by atoms with E-state index in [1.54, 1.807) is 11.8 Å². The number of alkyl carbamates (subject to hydrolysis) is 1. The molecule has 1 N–H and O–H groups in total. The van der Waals surface area contributed by atoms with Crippen molar-refractivity contribution in [2.45, 2.75) is 73.6 Å². The van der Waals surface area contributed by atoms with Crippen LogP contribution >= 0.6 is 0 Å². The minimum absolute atomic E-state index is 0.124. The van der Waals surface area contributed by atoms with Crippen LogP contribution in [0.2, 0.25) is 0 Å². The maximum absolute atomic E-state index is 13.3. The SMILES string of the molecule is CCOC(=O)NC(CC(C)C)C(=O)N(CC(C)CC)CC(OCC)OCC. The van der Waals surface area contributed by atoms with E-state index in [0.29, 0.717) is 38.6 Å². The Bertz CT molecular complexity index is 411. The Labute approximate surface area is 165 Å². The summed E-state index contributed by atoms with van der Waals surface area (Å²) in [5.41, 5.74) is 0. The molecule has 7 heteroatoms. The maximum Gasteiger partial charge on any atom is 0.407 e. The minimum atomic E-state index is -0.628. The second kappa shape index (κ2) is 14.7. The Morgan fingerprint density at radius 3 is 1.96 bits per heavy atom. The third-order valence-corrected chi connectivity index (χ3v) is 4.19. The topological polar surface area (TPSA) is 77.1 Å². The summed E-state index contributed by atoms with van der Waals surface area (Å²) < 4.78 is 16.2. The number of ether oxygens (including phenoxy) is 3. The fourth-order valence-corrected chi connectivity index (χ4v) is 2.69. The highest BCUT2D eigenvalue weighted by Gasteiger charge is 2.29. The number of nitrogens with zero attached hydrogens (tertiary/aromatic N) is 1. The molecule has 0 aliphatic heterocycles. The van der Waals surface area contributed by atoms with E-state index in [1.807, 2.05) is 27.7 Å². The van der Waals surface area contributed by atoms with Gasteiger partial charge in [0.1, 0.15) is 6.04 Å². The van der Waals surface area contributed by atoms with E-state index < -0.39 is 18.4 Å². The normalized spacial score (nSPS) is 13.5. The number of nitrogens with one attached hydrogen (secondary N) is 1. The Balaban J connectivity index is 5.38. The molecule has 160 valence electrons. The number of hydrogen-bond acceptors (Lipinski definition) is 5. The highest BCUT2D eigenvalue weighted by molar-refractivity contribution is 5.85. The van der Waals surface area contributed by atoms with Gasteiger partial charge >= 0.3 is 6.09 Å². The first kappa shape index (κ1) is 25.7. The van der Waals surface area contributed by atoms with E-state index in [-0.39, 0.29) is 18.4 Å². The molecular weight excluding hydrogens is 348 g/mol. The zero-order valence-electron chi connectivity index (χ0n) is 18.2. The second-order valence-corrected chi connectivity index (χ2v) is 7.14. The van der Waals surface area contributed by atoms with Gasteiger partial charge in [0.05, 0.1) is 13.2 Å². The molecular formula is C20H40N2O5. The van der Waals surface area contributed by atoms with Crippen LogP contribution in [0, 0.1) is 11.8 Å². The Morgan fingerprint density at radius 1 is 0.926 bits per heavy atom. The van der Waals surface area contributed by atoms with Crippen molar-refractivity contribution in [1.82, 2.24) is 10.2 Å². The van der Waals surface area contributed by atoms with Gasteiger partial charge in [-0.3, -0.25) is 4.79 Å². The van der Waals surface area contributed by atoms with E-state index >= 15 is 0 Å². The van der Waals surface area contributed by atoms with Crippen molar-refractivity contribution in [3.63, 3.8) is 0 Å². The molecule has 7 nitrogen and oxygen atoms in total. The quantitative estimate of drug-likeness (QED) is 0.461. The van der Waals surface area contributed by atoms with E-state index in [1.165, 1.54) is 0 Å². The first-order valence-corrected chi connectivity index (χ1v) is 10.2. The van der Waals surface area contributed by atoms with Crippen molar-refractivity contribution >= 4 is 12.0 Å². The first-order valence-electron chi connectivity index (χ1n) is 10.2. The van der Waals surface area contributed by atoms with Gasteiger partial charge in [0, 0.05) is 19.8 Å². The zero-order valence-corrected chi connectivity index (χ0v) is 18.2. The summed E-state index contributed by atoms with van der Waals surface area (Å²) in [4.78, 5) is 26.9. The molecule has 0 radical (unpaired) electrons. The number of amides is 2. The van der Waals surface area contributed by atoms with Crippen molar-refractivity contribution in [2.24, 2.45) is 11.8 Å². The molecule has 0 aliphatic rings. The van der Waals surface area contributed by atoms with E-state index in [0.717, 1.165) is 6.42 Å². The number of hydrogen-bond donors (Lipinski definition) is 1. The van der Waals surface area contributed by atoms with Crippen LogP contribution in [0.15, 0.2) is 0 Å². The van der Waals surface area contributed by atoms with Gasteiger partial charge in [-0.05, 0) is 39.0 Å². The number of carbonyl (C=O) groups is 2. The van der Waals surface area contributed by atoms with Crippen LogP contribution < -0.4 is 5.32 Å². The van der Waals surface area contributed by atoms with Crippen molar-refractivity contribution in [3.8, 4) is 0 Å². The van der Waals surface area contributed by atoms with Gasteiger partial charge in [0.2, 0.25) is 5.91 Å². The molecule has 0 aromatic heterocycles. The van der Waals surface area contributed by atoms with E-state index in [9.17, 15) is 9.59 Å². The maximum atomic E-state index is 13.3. The van der Waals surface area contributed by atoms with Crippen LogP contribution in [0.4, 0.5) is 4.79 Å². The molecule has 27 heavy (non-hydrogen) atoms. The van der Waals surface area contributed by atoms with Gasteiger partial charge in [-0.15, -0.1) is 0 Å².